The van der Waals surface area contributed by atoms with Crippen molar-refractivity contribution >= 4 is 39.0 Å². The SMILES string of the molecule is Cc1cc(Br)ccc1Nc1cnc(N)cc1C(N)=O. The largest absolute Gasteiger partial charge is 0.384 e. The van der Waals surface area contributed by atoms with Gasteiger partial charge >= 0.3 is 0 Å². The van der Waals surface area contributed by atoms with Crippen molar-refractivity contribution in [2.75, 3.05) is 11.1 Å². The van der Waals surface area contributed by atoms with Crippen LogP contribution in [0.1, 0.15) is 15.9 Å². The van der Waals surface area contributed by atoms with Crippen LogP contribution in [0.25, 0.3) is 0 Å². The molecule has 98 valence electrons. The van der Waals surface area contributed by atoms with Crippen molar-refractivity contribution in [3.05, 3.63) is 46.1 Å². The van der Waals surface area contributed by atoms with Crippen LogP contribution in [-0.2, 0) is 0 Å². The normalized spacial score (nSPS) is 10.2. The van der Waals surface area contributed by atoms with Gasteiger partial charge in [-0.1, -0.05) is 15.9 Å². The van der Waals surface area contributed by atoms with Gasteiger partial charge in [-0.2, -0.15) is 0 Å². The van der Waals surface area contributed by atoms with Gasteiger partial charge in [-0.15, -0.1) is 0 Å². The number of nitrogens with zero attached hydrogens (tertiary/aromatic N) is 1. The smallest absolute Gasteiger partial charge is 0.251 e. The molecule has 2 aromatic rings. The molecule has 1 heterocycles. The van der Waals surface area contributed by atoms with E-state index >= 15 is 0 Å². The molecule has 0 unspecified atom stereocenters. The lowest BCUT2D eigenvalue weighted by Crippen LogP contribution is -2.14. The average molecular weight is 321 g/mol. The van der Waals surface area contributed by atoms with Crippen molar-refractivity contribution in [1.82, 2.24) is 4.98 Å². The number of benzene rings is 1. The second-order valence-corrected chi connectivity index (χ2v) is 5.02. The lowest BCUT2D eigenvalue weighted by atomic mass is 10.1. The number of pyridine rings is 1. The Morgan fingerprint density at radius 1 is 1.32 bits per heavy atom. The summed E-state index contributed by atoms with van der Waals surface area (Å²) in [4.78, 5) is 15.4. The van der Waals surface area contributed by atoms with Crippen molar-refractivity contribution in [3.63, 3.8) is 0 Å². The first-order valence-corrected chi connectivity index (χ1v) is 6.35. The van der Waals surface area contributed by atoms with Crippen LogP contribution in [0.15, 0.2) is 34.9 Å². The number of aryl methyl sites for hydroxylation is 1. The van der Waals surface area contributed by atoms with Crippen LogP contribution in [0.2, 0.25) is 0 Å². The molecule has 0 atom stereocenters. The number of nitrogen functional groups attached to an aromatic ring is 1. The summed E-state index contributed by atoms with van der Waals surface area (Å²) in [6.07, 6.45) is 1.50. The van der Waals surface area contributed by atoms with E-state index in [-0.39, 0.29) is 5.82 Å². The van der Waals surface area contributed by atoms with E-state index in [1.807, 2.05) is 25.1 Å². The van der Waals surface area contributed by atoms with Gasteiger partial charge in [0.2, 0.25) is 0 Å². The average Bonchev–Trinajstić information content (AvgIpc) is 2.34. The van der Waals surface area contributed by atoms with E-state index in [0.29, 0.717) is 11.3 Å². The molecule has 5 N–H and O–H groups in total. The van der Waals surface area contributed by atoms with Crippen LogP contribution in [0, 0.1) is 6.92 Å². The molecule has 1 amide bonds. The van der Waals surface area contributed by atoms with Crippen molar-refractivity contribution in [1.29, 1.82) is 0 Å². The molecule has 0 bridgehead atoms. The molecule has 6 heteroatoms. The Morgan fingerprint density at radius 3 is 2.68 bits per heavy atom. The fourth-order valence-electron chi connectivity index (χ4n) is 1.69. The van der Waals surface area contributed by atoms with Crippen LogP contribution < -0.4 is 16.8 Å². The predicted molar refractivity (Wildman–Crippen MR) is 79.3 cm³/mol. The Labute approximate surface area is 119 Å². The Bertz CT molecular complexity index is 643. The lowest BCUT2D eigenvalue weighted by Gasteiger charge is -2.12. The number of amides is 1. The van der Waals surface area contributed by atoms with Crippen LogP contribution in [-0.4, -0.2) is 10.9 Å². The standard InChI is InChI=1S/C13H13BrN4O/c1-7-4-8(14)2-3-10(7)18-11-6-17-12(15)5-9(11)13(16)19/h2-6,18H,1H3,(H2,15,17)(H2,16,19). The topological polar surface area (TPSA) is 94.0 Å². The van der Waals surface area contributed by atoms with Gasteiger partial charge in [-0.05, 0) is 36.8 Å². The summed E-state index contributed by atoms with van der Waals surface area (Å²) in [5, 5.41) is 3.14. The molecule has 19 heavy (non-hydrogen) atoms. The van der Waals surface area contributed by atoms with E-state index < -0.39 is 5.91 Å². The Balaban J connectivity index is 2.40. The number of hydrogen-bond acceptors (Lipinski definition) is 4. The maximum absolute atomic E-state index is 11.4. The van der Waals surface area contributed by atoms with E-state index in [1.165, 1.54) is 12.3 Å². The Kier molecular flexibility index (Phi) is 3.71. The Hall–Kier alpha value is -2.08. The van der Waals surface area contributed by atoms with Gasteiger partial charge in [0, 0.05) is 10.2 Å². The van der Waals surface area contributed by atoms with Gasteiger partial charge in [0.05, 0.1) is 17.4 Å². The minimum atomic E-state index is -0.550. The molecular formula is C13H13BrN4O. The molecule has 0 aliphatic heterocycles. The molecule has 0 saturated heterocycles. The van der Waals surface area contributed by atoms with E-state index in [1.54, 1.807) is 0 Å². The number of nitrogens with two attached hydrogens (primary N) is 2. The number of anilines is 3. The van der Waals surface area contributed by atoms with Gasteiger partial charge in [-0.3, -0.25) is 4.79 Å². The summed E-state index contributed by atoms with van der Waals surface area (Å²) in [5.74, 6) is -0.293. The number of primary amides is 1. The maximum Gasteiger partial charge on any atom is 0.251 e. The molecule has 5 nitrogen and oxygen atoms in total. The molecule has 0 spiro atoms. The van der Waals surface area contributed by atoms with Crippen LogP contribution in [0.4, 0.5) is 17.2 Å². The minimum Gasteiger partial charge on any atom is -0.384 e. The first-order valence-electron chi connectivity index (χ1n) is 5.56. The summed E-state index contributed by atoms with van der Waals surface area (Å²) >= 11 is 3.40. The fraction of sp³-hybridized carbons (Fsp3) is 0.0769. The molecular weight excluding hydrogens is 308 g/mol. The molecule has 0 fully saturated rings. The number of carbonyl (C=O) groups excluding carboxylic acids is 1. The highest BCUT2D eigenvalue weighted by molar-refractivity contribution is 9.10. The third kappa shape index (κ3) is 3.03. The number of aromatic nitrogens is 1. The highest BCUT2D eigenvalue weighted by atomic mass is 79.9. The summed E-state index contributed by atoms with van der Waals surface area (Å²) in [6.45, 7) is 1.96. The first-order chi connectivity index (χ1) is 8.97. The summed E-state index contributed by atoms with van der Waals surface area (Å²) in [5.41, 5.74) is 13.6. The second kappa shape index (κ2) is 5.27. The summed E-state index contributed by atoms with van der Waals surface area (Å²) < 4.78 is 0.987. The number of hydrogen-bond donors (Lipinski definition) is 3. The zero-order chi connectivity index (χ0) is 14.0. The highest BCUT2D eigenvalue weighted by Crippen LogP contribution is 2.26. The van der Waals surface area contributed by atoms with E-state index in [4.69, 9.17) is 11.5 Å². The van der Waals surface area contributed by atoms with Crippen LogP contribution >= 0.6 is 15.9 Å². The van der Waals surface area contributed by atoms with E-state index in [0.717, 1.165) is 15.7 Å². The quantitative estimate of drug-likeness (QED) is 0.810. The van der Waals surface area contributed by atoms with Gasteiger partial charge in [0.25, 0.3) is 5.91 Å². The zero-order valence-electron chi connectivity index (χ0n) is 10.3. The summed E-state index contributed by atoms with van der Waals surface area (Å²) in [6, 6.07) is 7.24. The van der Waals surface area contributed by atoms with Crippen molar-refractivity contribution in [3.8, 4) is 0 Å². The van der Waals surface area contributed by atoms with Gasteiger partial charge in [-0.25, -0.2) is 4.98 Å². The molecule has 1 aromatic heterocycles. The fourth-order valence-corrected chi connectivity index (χ4v) is 2.16. The number of carbonyl (C=O) groups is 1. The molecule has 0 radical (unpaired) electrons. The van der Waals surface area contributed by atoms with Crippen LogP contribution in [0.5, 0.6) is 0 Å². The van der Waals surface area contributed by atoms with Gasteiger partial charge in [0.15, 0.2) is 0 Å². The number of halogens is 1. The number of rotatable bonds is 3. The van der Waals surface area contributed by atoms with Crippen LogP contribution in [0.3, 0.4) is 0 Å². The highest BCUT2D eigenvalue weighted by Gasteiger charge is 2.10. The minimum absolute atomic E-state index is 0.256. The van der Waals surface area contributed by atoms with Crippen molar-refractivity contribution in [2.24, 2.45) is 5.73 Å². The van der Waals surface area contributed by atoms with Crippen molar-refractivity contribution < 1.29 is 4.79 Å². The van der Waals surface area contributed by atoms with Gasteiger partial charge in [0.1, 0.15) is 5.82 Å². The number of nitrogens with one attached hydrogen (secondary N) is 1. The molecule has 0 aliphatic carbocycles. The predicted octanol–water partition coefficient (Wildman–Crippen LogP) is 2.58. The molecule has 0 saturated carbocycles. The molecule has 0 aliphatic rings. The van der Waals surface area contributed by atoms with E-state index in [2.05, 4.69) is 26.2 Å². The first kappa shape index (κ1) is 13.4. The molecule has 2 rings (SSSR count). The monoisotopic (exact) mass is 320 g/mol. The third-order valence-corrected chi connectivity index (χ3v) is 3.14. The second-order valence-electron chi connectivity index (χ2n) is 4.10. The van der Waals surface area contributed by atoms with E-state index in [9.17, 15) is 4.79 Å². The van der Waals surface area contributed by atoms with Gasteiger partial charge < -0.3 is 16.8 Å². The summed E-state index contributed by atoms with van der Waals surface area (Å²) in [7, 11) is 0. The maximum atomic E-state index is 11.4. The Morgan fingerprint density at radius 2 is 2.05 bits per heavy atom. The van der Waals surface area contributed by atoms with Crippen molar-refractivity contribution in [2.45, 2.75) is 6.92 Å². The lowest BCUT2D eigenvalue weighted by molar-refractivity contribution is 0.100. The third-order valence-electron chi connectivity index (χ3n) is 2.65. The molecule has 1 aromatic carbocycles. The zero-order valence-corrected chi connectivity index (χ0v) is 11.9.